The van der Waals surface area contributed by atoms with Crippen LogP contribution in [-0.4, -0.2) is 29.8 Å². The van der Waals surface area contributed by atoms with E-state index in [1.807, 2.05) is 0 Å². The second kappa shape index (κ2) is 6.36. The highest BCUT2D eigenvalue weighted by Gasteiger charge is 2.58. The number of aliphatic hydroxyl groups is 1. The van der Waals surface area contributed by atoms with Gasteiger partial charge in [-0.15, -0.1) is 0 Å². The normalized spacial score (nSPS) is 13.4. The molecule has 0 fully saturated rings. The molecule has 0 aliphatic carbocycles. The van der Waals surface area contributed by atoms with Gasteiger partial charge in [0.05, 0.1) is 0 Å². The Hall–Kier alpha value is -0.430. The lowest BCUT2D eigenvalue weighted by atomic mass is 10.1. The summed E-state index contributed by atoms with van der Waals surface area (Å²) >= 11 is 5.90. The lowest BCUT2D eigenvalue weighted by Crippen LogP contribution is -2.28. The average Bonchev–Trinajstić information content (AvgIpc) is 2.30. The number of hydrogen-bond acceptors (Lipinski definition) is 4. The van der Waals surface area contributed by atoms with Gasteiger partial charge in [0.15, 0.2) is 0 Å². The molecule has 0 spiro atoms. The van der Waals surface area contributed by atoms with Crippen LogP contribution in [-0.2, 0) is 15.6 Å². The summed E-state index contributed by atoms with van der Waals surface area (Å²) in [6.07, 6.45) is -0.741. The molecule has 1 rings (SSSR count). The fourth-order valence-electron chi connectivity index (χ4n) is 1.76. The van der Waals surface area contributed by atoms with Gasteiger partial charge in [-0.05, 0) is 36.6 Å². The summed E-state index contributed by atoms with van der Waals surface area (Å²) in [5.74, 6) is 0. The standard InChI is InChI=1S/C10H16ClNO7P2/c11-9-4-3-8(12)6-7(9)2-1-5-10(13,20(14,15)16)21(17,18)19/h3-4,6,13H,1-2,5,12H2,(H2,14,15,16)(H2,17,18,19). The van der Waals surface area contributed by atoms with E-state index in [2.05, 4.69) is 0 Å². The maximum Gasteiger partial charge on any atom is 0.369 e. The van der Waals surface area contributed by atoms with Crippen molar-refractivity contribution in [2.75, 3.05) is 5.73 Å². The number of nitrogens with two attached hydrogens (primary N) is 1. The topological polar surface area (TPSA) is 161 Å². The first-order valence-corrected chi connectivity index (χ1v) is 9.36. The molecule has 1 aromatic rings. The molecular formula is C10H16ClNO7P2. The smallest absolute Gasteiger partial charge is 0.369 e. The summed E-state index contributed by atoms with van der Waals surface area (Å²) in [5, 5.41) is 6.67. The monoisotopic (exact) mass is 359 g/mol. The molecule has 0 atom stereocenters. The number of benzene rings is 1. The summed E-state index contributed by atoms with van der Waals surface area (Å²) < 4.78 is 22.3. The van der Waals surface area contributed by atoms with Crippen LogP contribution in [0.15, 0.2) is 18.2 Å². The summed E-state index contributed by atoms with van der Waals surface area (Å²) in [7, 11) is -10.8. The minimum Gasteiger partial charge on any atom is -0.399 e. The average molecular weight is 360 g/mol. The van der Waals surface area contributed by atoms with Crippen LogP contribution < -0.4 is 5.73 Å². The zero-order valence-corrected chi connectivity index (χ0v) is 13.3. The zero-order chi connectivity index (χ0) is 16.5. The van der Waals surface area contributed by atoms with Gasteiger partial charge in [-0.1, -0.05) is 11.6 Å². The molecule has 0 amide bonds. The molecule has 8 nitrogen and oxygen atoms in total. The minimum absolute atomic E-state index is 0.101. The summed E-state index contributed by atoms with van der Waals surface area (Å²) in [4.78, 5) is 36.0. The number of halogens is 1. The second-order valence-corrected chi connectivity index (χ2v) is 8.98. The van der Waals surface area contributed by atoms with E-state index in [0.29, 0.717) is 16.3 Å². The lowest BCUT2D eigenvalue weighted by Gasteiger charge is -2.29. The van der Waals surface area contributed by atoms with Crippen molar-refractivity contribution in [1.82, 2.24) is 0 Å². The Balaban J connectivity index is 2.88. The van der Waals surface area contributed by atoms with Crippen molar-refractivity contribution in [2.45, 2.75) is 24.3 Å². The van der Waals surface area contributed by atoms with Crippen LogP contribution in [0.25, 0.3) is 0 Å². The largest absolute Gasteiger partial charge is 0.399 e. The number of rotatable bonds is 6. The molecule has 0 aliphatic rings. The Morgan fingerprint density at radius 2 is 1.67 bits per heavy atom. The van der Waals surface area contributed by atoms with Crippen molar-refractivity contribution < 1.29 is 33.8 Å². The Bertz CT molecular complexity index is 589. The first-order chi connectivity index (χ1) is 9.38. The molecule has 7 N–H and O–H groups in total. The van der Waals surface area contributed by atoms with E-state index in [-0.39, 0.29) is 12.8 Å². The quantitative estimate of drug-likeness (QED) is 0.326. The highest BCUT2D eigenvalue weighted by Crippen LogP contribution is 2.69. The molecule has 0 saturated carbocycles. The van der Waals surface area contributed by atoms with Gasteiger partial charge in [0.2, 0.25) is 0 Å². The molecule has 120 valence electrons. The summed E-state index contributed by atoms with van der Waals surface area (Å²) in [6.45, 7) is 0. The highest BCUT2D eigenvalue weighted by molar-refractivity contribution is 7.72. The molecule has 0 aliphatic heterocycles. The Morgan fingerprint density at radius 1 is 1.14 bits per heavy atom. The van der Waals surface area contributed by atoms with Gasteiger partial charge in [0.1, 0.15) is 0 Å². The van der Waals surface area contributed by atoms with Gasteiger partial charge in [-0.3, -0.25) is 9.13 Å². The minimum atomic E-state index is -5.42. The van der Waals surface area contributed by atoms with Gasteiger partial charge in [-0.25, -0.2) is 0 Å². The Labute approximate surface area is 125 Å². The Kier molecular flexibility index (Phi) is 5.64. The van der Waals surface area contributed by atoms with E-state index in [1.54, 1.807) is 6.07 Å². The SMILES string of the molecule is Nc1ccc(Cl)c(CCCC(O)(P(=O)(O)O)P(=O)(O)O)c1. The van der Waals surface area contributed by atoms with Crippen molar-refractivity contribution in [3.63, 3.8) is 0 Å². The molecule has 1 aromatic carbocycles. The van der Waals surface area contributed by atoms with Crippen molar-refractivity contribution >= 4 is 32.5 Å². The van der Waals surface area contributed by atoms with Crippen molar-refractivity contribution in [2.24, 2.45) is 0 Å². The van der Waals surface area contributed by atoms with Crippen LogP contribution in [0.2, 0.25) is 5.02 Å². The van der Waals surface area contributed by atoms with Crippen molar-refractivity contribution in [3.05, 3.63) is 28.8 Å². The number of aryl methyl sites for hydroxylation is 1. The van der Waals surface area contributed by atoms with Crippen molar-refractivity contribution in [3.8, 4) is 0 Å². The molecule has 0 radical (unpaired) electrons. The first-order valence-electron chi connectivity index (χ1n) is 5.76. The molecule has 0 bridgehead atoms. The van der Waals surface area contributed by atoms with Crippen LogP contribution in [0.3, 0.4) is 0 Å². The summed E-state index contributed by atoms with van der Waals surface area (Å²) in [6, 6.07) is 4.63. The number of hydrogen-bond donors (Lipinski definition) is 6. The van der Waals surface area contributed by atoms with Gasteiger partial charge in [0, 0.05) is 17.1 Å². The third-order valence-corrected chi connectivity index (χ3v) is 7.21. The molecule has 11 heteroatoms. The first kappa shape index (κ1) is 18.6. The third-order valence-electron chi connectivity index (χ3n) is 2.96. The molecule has 0 heterocycles. The molecule has 0 aromatic heterocycles. The van der Waals surface area contributed by atoms with Gasteiger partial charge in [0.25, 0.3) is 5.08 Å². The number of anilines is 1. The molecular weight excluding hydrogens is 344 g/mol. The fraction of sp³-hybridized carbons (Fsp3) is 0.400. The van der Waals surface area contributed by atoms with E-state index >= 15 is 0 Å². The molecule has 21 heavy (non-hydrogen) atoms. The van der Waals surface area contributed by atoms with Crippen LogP contribution in [0.5, 0.6) is 0 Å². The van der Waals surface area contributed by atoms with E-state index in [1.165, 1.54) is 12.1 Å². The van der Waals surface area contributed by atoms with E-state index in [0.717, 1.165) is 0 Å². The van der Waals surface area contributed by atoms with Gasteiger partial charge < -0.3 is 30.4 Å². The number of nitrogen functional groups attached to an aromatic ring is 1. The molecule has 0 saturated heterocycles. The van der Waals surface area contributed by atoms with E-state index < -0.39 is 26.7 Å². The third kappa shape index (κ3) is 4.28. The Morgan fingerprint density at radius 3 is 2.14 bits per heavy atom. The fourth-order valence-corrected chi connectivity index (χ4v) is 4.23. The lowest BCUT2D eigenvalue weighted by molar-refractivity contribution is 0.121. The predicted molar refractivity (Wildman–Crippen MR) is 77.8 cm³/mol. The zero-order valence-electron chi connectivity index (χ0n) is 10.8. The van der Waals surface area contributed by atoms with E-state index in [4.69, 9.17) is 36.9 Å². The second-order valence-electron chi connectivity index (χ2n) is 4.57. The summed E-state index contributed by atoms with van der Waals surface area (Å²) in [5.41, 5.74) is 6.54. The maximum atomic E-state index is 11.2. The van der Waals surface area contributed by atoms with Crippen LogP contribution in [0, 0.1) is 0 Å². The van der Waals surface area contributed by atoms with Gasteiger partial charge >= 0.3 is 15.2 Å². The predicted octanol–water partition coefficient (Wildman–Crippen LogP) is 1.25. The highest BCUT2D eigenvalue weighted by atomic mass is 35.5. The molecule has 0 unspecified atom stereocenters. The van der Waals surface area contributed by atoms with Crippen LogP contribution >= 0.6 is 26.8 Å². The van der Waals surface area contributed by atoms with Gasteiger partial charge in [-0.2, -0.15) is 0 Å². The van der Waals surface area contributed by atoms with Crippen LogP contribution in [0.4, 0.5) is 5.69 Å². The maximum absolute atomic E-state index is 11.2. The van der Waals surface area contributed by atoms with Crippen molar-refractivity contribution in [1.29, 1.82) is 0 Å². The van der Waals surface area contributed by atoms with E-state index in [9.17, 15) is 14.2 Å². The van der Waals surface area contributed by atoms with Crippen LogP contribution in [0.1, 0.15) is 18.4 Å².